The minimum absolute atomic E-state index is 0.192. The van der Waals surface area contributed by atoms with Gasteiger partial charge in [-0.25, -0.2) is 4.98 Å². The van der Waals surface area contributed by atoms with E-state index in [1.807, 2.05) is 18.2 Å². The van der Waals surface area contributed by atoms with Crippen molar-refractivity contribution in [1.82, 2.24) is 4.98 Å². The molecule has 0 unspecified atom stereocenters. The molecule has 158 valence electrons. The second-order valence-corrected chi connectivity index (χ2v) is 7.17. The molecule has 2 aromatic heterocycles. The monoisotopic (exact) mass is 421 g/mol. The van der Waals surface area contributed by atoms with Gasteiger partial charge in [-0.05, 0) is 47.9 Å². The van der Waals surface area contributed by atoms with Gasteiger partial charge >= 0.3 is 5.88 Å². The number of carbonyl (C=O) groups excluding carboxylic acids is 1. The molecular formula is C22H19N3O6. The van der Waals surface area contributed by atoms with Crippen molar-refractivity contribution in [2.24, 2.45) is 0 Å². The lowest BCUT2D eigenvalue weighted by Gasteiger charge is -2.10. The standard InChI is InChI=1S/C22H19N3O6/c1-12(2)13-4-7-18-16(10-13)24-22(31-18)14-5-6-17(29-3)15(11-14)23-21(26)19-8-9-20(30-19)25(27)28/h4-12H,1-3H3,(H,23,26). The molecule has 0 aliphatic rings. The maximum atomic E-state index is 12.5. The number of nitrogens with one attached hydrogen (secondary N) is 1. The Kier molecular flexibility index (Phi) is 5.16. The molecule has 9 nitrogen and oxygen atoms in total. The molecule has 31 heavy (non-hydrogen) atoms. The first-order valence-corrected chi connectivity index (χ1v) is 9.50. The number of oxazole rings is 1. The van der Waals surface area contributed by atoms with Gasteiger partial charge in [0.1, 0.15) is 16.2 Å². The van der Waals surface area contributed by atoms with Gasteiger partial charge in [-0.15, -0.1) is 0 Å². The number of benzene rings is 2. The first kappa shape index (κ1) is 20.1. The second-order valence-electron chi connectivity index (χ2n) is 7.17. The zero-order valence-corrected chi connectivity index (χ0v) is 17.0. The summed E-state index contributed by atoms with van der Waals surface area (Å²) in [7, 11) is 1.47. The molecule has 0 saturated carbocycles. The van der Waals surface area contributed by atoms with E-state index in [2.05, 4.69) is 24.1 Å². The summed E-state index contributed by atoms with van der Waals surface area (Å²) in [5.74, 6) is -0.202. The summed E-state index contributed by atoms with van der Waals surface area (Å²) in [4.78, 5) is 27.1. The van der Waals surface area contributed by atoms with Crippen LogP contribution in [-0.2, 0) is 0 Å². The van der Waals surface area contributed by atoms with E-state index in [1.165, 1.54) is 13.2 Å². The predicted octanol–water partition coefficient (Wildman–Crippen LogP) is 5.38. The summed E-state index contributed by atoms with van der Waals surface area (Å²) in [6.45, 7) is 4.21. The number of rotatable bonds is 6. The number of carbonyl (C=O) groups is 1. The molecular weight excluding hydrogens is 402 g/mol. The van der Waals surface area contributed by atoms with E-state index in [-0.39, 0.29) is 5.76 Å². The van der Waals surface area contributed by atoms with Crippen molar-refractivity contribution < 1.29 is 23.3 Å². The summed E-state index contributed by atoms with van der Waals surface area (Å²) in [6.07, 6.45) is 0. The van der Waals surface area contributed by atoms with Gasteiger partial charge in [0, 0.05) is 5.56 Å². The van der Waals surface area contributed by atoms with E-state index >= 15 is 0 Å². The molecule has 2 heterocycles. The van der Waals surface area contributed by atoms with Gasteiger partial charge in [-0.1, -0.05) is 19.9 Å². The minimum Gasteiger partial charge on any atom is -0.495 e. The molecule has 0 atom stereocenters. The number of nitrogens with zero attached hydrogens (tertiary/aromatic N) is 2. The first-order valence-electron chi connectivity index (χ1n) is 9.50. The highest BCUT2D eigenvalue weighted by atomic mass is 16.6. The molecule has 0 fully saturated rings. The molecule has 0 aliphatic carbocycles. The van der Waals surface area contributed by atoms with E-state index in [1.54, 1.807) is 18.2 Å². The number of hydrogen-bond acceptors (Lipinski definition) is 7. The Hall–Kier alpha value is -4.14. The number of nitro groups is 1. The van der Waals surface area contributed by atoms with Crippen LogP contribution in [0.4, 0.5) is 11.6 Å². The van der Waals surface area contributed by atoms with Gasteiger partial charge in [-0.2, -0.15) is 0 Å². The Morgan fingerprint density at radius 2 is 1.94 bits per heavy atom. The molecule has 2 aromatic carbocycles. The number of methoxy groups -OCH3 is 1. The average molecular weight is 421 g/mol. The quantitative estimate of drug-likeness (QED) is 0.328. The number of furan rings is 1. The van der Waals surface area contributed by atoms with Gasteiger partial charge in [0.05, 0.1) is 18.9 Å². The fourth-order valence-electron chi connectivity index (χ4n) is 3.10. The van der Waals surface area contributed by atoms with Crippen LogP contribution in [0.3, 0.4) is 0 Å². The first-order chi connectivity index (χ1) is 14.9. The largest absolute Gasteiger partial charge is 0.495 e. The van der Waals surface area contributed by atoms with E-state index < -0.39 is 16.7 Å². The van der Waals surface area contributed by atoms with Crippen LogP contribution in [-0.4, -0.2) is 22.9 Å². The molecule has 1 amide bonds. The molecule has 9 heteroatoms. The van der Waals surface area contributed by atoms with Gasteiger partial charge < -0.3 is 18.9 Å². The average Bonchev–Trinajstić information content (AvgIpc) is 3.40. The lowest BCUT2D eigenvalue weighted by atomic mass is 10.0. The van der Waals surface area contributed by atoms with Gasteiger partial charge in [0.15, 0.2) is 11.3 Å². The highest BCUT2D eigenvalue weighted by molar-refractivity contribution is 6.03. The van der Waals surface area contributed by atoms with Crippen LogP contribution in [0.25, 0.3) is 22.6 Å². The van der Waals surface area contributed by atoms with Gasteiger partial charge in [0.25, 0.3) is 5.91 Å². The van der Waals surface area contributed by atoms with Crippen molar-refractivity contribution in [3.63, 3.8) is 0 Å². The number of aromatic nitrogens is 1. The predicted molar refractivity (Wildman–Crippen MR) is 113 cm³/mol. The zero-order chi connectivity index (χ0) is 22.1. The van der Waals surface area contributed by atoms with Gasteiger partial charge in [-0.3, -0.25) is 14.9 Å². The molecule has 4 rings (SSSR count). The zero-order valence-electron chi connectivity index (χ0n) is 17.0. The highest BCUT2D eigenvalue weighted by Crippen LogP contribution is 2.33. The fraction of sp³-hybridized carbons (Fsp3) is 0.182. The Bertz CT molecular complexity index is 1290. The van der Waals surface area contributed by atoms with Crippen LogP contribution in [0.5, 0.6) is 5.75 Å². The van der Waals surface area contributed by atoms with Crippen molar-refractivity contribution in [2.75, 3.05) is 12.4 Å². The Morgan fingerprint density at radius 1 is 1.13 bits per heavy atom. The number of ether oxygens (including phenoxy) is 1. The van der Waals surface area contributed by atoms with E-state index in [4.69, 9.17) is 13.6 Å². The molecule has 1 N–H and O–H groups in total. The van der Waals surface area contributed by atoms with Crippen LogP contribution in [0, 0.1) is 10.1 Å². The number of fused-ring (bicyclic) bond motifs is 1. The SMILES string of the molecule is COc1ccc(-c2nc3cc(C(C)C)ccc3o2)cc1NC(=O)c1ccc([N+](=O)[O-])o1. The number of anilines is 1. The van der Waals surface area contributed by atoms with Crippen molar-refractivity contribution in [3.8, 4) is 17.2 Å². The Labute approximate surface area is 176 Å². The third-order valence-corrected chi connectivity index (χ3v) is 4.77. The Balaban J connectivity index is 1.66. The summed E-state index contributed by atoms with van der Waals surface area (Å²) in [5.41, 5.74) is 3.52. The normalized spacial score (nSPS) is 11.1. The second kappa shape index (κ2) is 7.94. The number of amides is 1. The maximum Gasteiger partial charge on any atom is 0.433 e. The van der Waals surface area contributed by atoms with Crippen molar-refractivity contribution >= 4 is 28.6 Å². The smallest absolute Gasteiger partial charge is 0.433 e. The molecule has 0 spiro atoms. The van der Waals surface area contributed by atoms with Crippen LogP contribution in [0.2, 0.25) is 0 Å². The van der Waals surface area contributed by atoms with E-state index in [0.717, 1.165) is 17.1 Å². The van der Waals surface area contributed by atoms with Crippen molar-refractivity contribution in [2.45, 2.75) is 19.8 Å². The lowest BCUT2D eigenvalue weighted by Crippen LogP contribution is -2.11. The summed E-state index contributed by atoms with van der Waals surface area (Å²) < 4.78 is 16.1. The van der Waals surface area contributed by atoms with Crippen LogP contribution >= 0.6 is 0 Å². The third-order valence-electron chi connectivity index (χ3n) is 4.77. The lowest BCUT2D eigenvalue weighted by molar-refractivity contribution is -0.402. The molecule has 0 saturated heterocycles. The van der Waals surface area contributed by atoms with E-state index in [9.17, 15) is 14.9 Å². The molecule has 0 aliphatic heterocycles. The minimum atomic E-state index is -0.712. The van der Waals surface area contributed by atoms with Crippen LogP contribution in [0.15, 0.2) is 57.4 Å². The summed E-state index contributed by atoms with van der Waals surface area (Å²) >= 11 is 0. The van der Waals surface area contributed by atoms with Crippen molar-refractivity contribution in [3.05, 3.63) is 70.0 Å². The van der Waals surface area contributed by atoms with Gasteiger partial charge in [0.2, 0.25) is 5.89 Å². The summed E-state index contributed by atoms with van der Waals surface area (Å²) in [5, 5.41) is 13.4. The van der Waals surface area contributed by atoms with Crippen molar-refractivity contribution in [1.29, 1.82) is 0 Å². The number of hydrogen-bond donors (Lipinski definition) is 1. The van der Waals surface area contributed by atoms with Crippen LogP contribution < -0.4 is 10.1 Å². The molecule has 4 aromatic rings. The molecule has 0 radical (unpaired) electrons. The Morgan fingerprint density at radius 3 is 2.61 bits per heavy atom. The third kappa shape index (κ3) is 3.97. The van der Waals surface area contributed by atoms with Crippen LogP contribution in [0.1, 0.15) is 35.9 Å². The maximum absolute atomic E-state index is 12.5. The van der Waals surface area contributed by atoms with E-state index in [0.29, 0.717) is 34.4 Å². The molecule has 0 bridgehead atoms. The highest BCUT2D eigenvalue weighted by Gasteiger charge is 2.19. The topological polar surface area (TPSA) is 121 Å². The summed E-state index contributed by atoms with van der Waals surface area (Å²) in [6, 6.07) is 13.3. The fourth-order valence-corrected chi connectivity index (χ4v) is 3.10.